The molecule has 0 aromatic carbocycles. The lowest BCUT2D eigenvalue weighted by Crippen LogP contribution is -2.48. The van der Waals surface area contributed by atoms with Gasteiger partial charge in [0.2, 0.25) is 0 Å². The van der Waals surface area contributed by atoms with Gasteiger partial charge >= 0.3 is 0 Å². The second kappa shape index (κ2) is 7.00. The van der Waals surface area contributed by atoms with Crippen LogP contribution in [0.25, 0.3) is 0 Å². The number of nitrogens with zero attached hydrogens (tertiary/aromatic N) is 1. The summed E-state index contributed by atoms with van der Waals surface area (Å²) < 4.78 is 0. The molecular weight excluding hydrogens is 256 g/mol. The molecule has 3 rings (SSSR count). The summed E-state index contributed by atoms with van der Waals surface area (Å²) in [6.45, 7) is 9.03. The van der Waals surface area contributed by atoms with Gasteiger partial charge in [0.15, 0.2) is 0 Å². The minimum Gasteiger partial charge on any atom is -0.317 e. The van der Waals surface area contributed by atoms with Crippen molar-refractivity contribution < 1.29 is 0 Å². The fraction of sp³-hybridized carbons (Fsp3) is 1.00. The normalized spacial score (nSPS) is 29.6. The highest BCUT2D eigenvalue weighted by Gasteiger charge is 2.38. The molecule has 1 aliphatic carbocycles. The zero-order chi connectivity index (χ0) is 14.6. The summed E-state index contributed by atoms with van der Waals surface area (Å²) in [6.07, 6.45) is 16.2. The largest absolute Gasteiger partial charge is 0.317 e. The van der Waals surface area contributed by atoms with Crippen molar-refractivity contribution in [2.45, 2.75) is 77.6 Å². The maximum Gasteiger partial charge on any atom is 0.00389 e. The molecule has 21 heavy (non-hydrogen) atoms. The Morgan fingerprint density at radius 1 is 0.857 bits per heavy atom. The molecule has 3 aliphatic rings. The van der Waals surface area contributed by atoms with Crippen molar-refractivity contribution in [3.8, 4) is 0 Å². The number of piperidine rings is 2. The molecule has 1 N–H and O–H groups in total. The van der Waals surface area contributed by atoms with Crippen LogP contribution in [0.5, 0.6) is 0 Å². The molecule has 0 aromatic heterocycles. The molecule has 0 unspecified atom stereocenters. The highest BCUT2D eigenvalue weighted by molar-refractivity contribution is 4.92. The Balaban J connectivity index is 1.53. The molecule has 0 amide bonds. The van der Waals surface area contributed by atoms with Crippen LogP contribution in [0.1, 0.15) is 77.6 Å². The first kappa shape index (κ1) is 15.8. The lowest BCUT2D eigenvalue weighted by atomic mass is 9.67. The van der Waals surface area contributed by atoms with Crippen LogP contribution < -0.4 is 5.32 Å². The smallest absolute Gasteiger partial charge is 0.00389 e. The molecule has 2 heterocycles. The number of hydrogen-bond donors (Lipinski definition) is 1. The first-order valence-corrected chi connectivity index (χ1v) is 9.69. The predicted octanol–water partition coefficient (Wildman–Crippen LogP) is 4.20. The molecule has 0 atom stereocenters. The van der Waals surface area contributed by atoms with E-state index in [0.717, 1.165) is 5.41 Å². The van der Waals surface area contributed by atoms with E-state index in [4.69, 9.17) is 0 Å². The summed E-state index contributed by atoms with van der Waals surface area (Å²) in [5.41, 5.74) is 1.40. The highest BCUT2D eigenvalue weighted by atomic mass is 15.1. The number of likely N-dealkylation sites (tertiary alicyclic amines) is 1. The van der Waals surface area contributed by atoms with Crippen molar-refractivity contribution >= 4 is 0 Å². The third-order valence-corrected chi connectivity index (χ3v) is 6.83. The van der Waals surface area contributed by atoms with E-state index in [-0.39, 0.29) is 0 Å². The van der Waals surface area contributed by atoms with Crippen LogP contribution in [0.4, 0.5) is 0 Å². The van der Waals surface area contributed by atoms with Crippen molar-refractivity contribution in [3.05, 3.63) is 0 Å². The van der Waals surface area contributed by atoms with Gasteiger partial charge in [-0.15, -0.1) is 0 Å². The van der Waals surface area contributed by atoms with Crippen LogP contribution in [0.2, 0.25) is 0 Å². The average molecular weight is 293 g/mol. The lowest BCUT2D eigenvalue weighted by molar-refractivity contribution is 0.0290. The van der Waals surface area contributed by atoms with E-state index in [2.05, 4.69) is 17.1 Å². The average Bonchev–Trinajstić information content (AvgIpc) is 2.52. The standard InChI is InChI=1S/C19H36N2/c1-2-6-19(9-13-20-14-10-19)17-21-15-11-18(12-16-21)7-4-3-5-8-18/h20H,2-17H2,1H3. The third kappa shape index (κ3) is 3.82. The molecule has 0 radical (unpaired) electrons. The van der Waals surface area contributed by atoms with Gasteiger partial charge in [-0.05, 0) is 82.0 Å². The first-order chi connectivity index (χ1) is 10.3. The van der Waals surface area contributed by atoms with E-state index in [9.17, 15) is 0 Å². The molecule has 0 bridgehead atoms. The topological polar surface area (TPSA) is 15.3 Å². The predicted molar refractivity (Wildman–Crippen MR) is 90.6 cm³/mol. The second-order valence-electron chi connectivity index (χ2n) is 8.34. The van der Waals surface area contributed by atoms with Gasteiger partial charge in [0, 0.05) is 6.54 Å². The second-order valence-corrected chi connectivity index (χ2v) is 8.34. The molecule has 1 saturated carbocycles. The van der Waals surface area contributed by atoms with Crippen molar-refractivity contribution in [3.63, 3.8) is 0 Å². The zero-order valence-corrected chi connectivity index (χ0v) is 14.3. The number of rotatable bonds is 4. The van der Waals surface area contributed by atoms with Crippen molar-refractivity contribution in [1.82, 2.24) is 10.2 Å². The minimum absolute atomic E-state index is 0.636. The molecule has 0 aromatic rings. The third-order valence-electron chi connectivity index (χ3n) is 6.83. The van der Waals surface area contributed by atoms with E-state index >= 15 is 0 Å². The van der Waals surface area contributed by atoms with Crippen molar-refractivity contribution in [2.75, 3.05) is 32.7 Å². The van der Waals surface area contributed by atoms with Crippen LogP contribution >= 0.6 is 0 Å². The molecule has 2 saturated heterocycles. The van der Waals surface area contributed by atoms with Gasteiger partial charge in [0.25, 0.3) is 0 Å². The van der Waals surface area contributed by atoms with E-state index in [0.29, 0.717) is 5.41 Å². The Kier molecular flexibility index (Phi) is 5.27. The summed E-state index contributed by atoms with van der Waals surface area (Å²) >= 11 is 0. The fourth-order valence-corrected chi connectivity index (χ4v) is 5.44. The summed E-state index contributed by atoms with van der Waals surface area (Å²) in [5.74, 6) is 0. The Morgan fingerprint density at radius 2 is 1.52 bits per heavy atom. The Bertz CT molecular complexity index is 298. The van der Waals surface area contributed by atoms with Gasteiger partial charge in [-0.3, -0.25) is 0 Å². The maximum atomic E-state index is 3.56. The van der Waals surface area contributed by atoms with Crippen molar-refractivity contribution in [1.29, 1.82) is 0 Å². The fourth-order valence-electron chi connectivity index (χ4n) is 5.44. The van der Waals surface area contributed by atoms with E-state index < -0.39 is 0 Å². The molecule has 2 heteroatoms. The van der Waals surface area contributed by atoms with Gasteiger partial charge in [-0.1, -0.05) is 32.6 Å². The lowest BCUT2D eigenvalue weighted by Gasteiger charge is -2.48. The molecule has 3 fully saturated rings. The van der Waals surface area contributed by atoms with Gasteiger partial charge in [-0.25, -0.2) is 0 Å². The van der Waals surface area contributed by atoms with Crippen LogP contribution in [-0.4, -0.2) is 37.6 Å². The van der Waals surface area contributed by atoms with Crippen LogP contribution in [0.3, 0.4) is 0 Å². The zero-order valence-electron chi connectivity index (χ0n) is 14.3. The molecule has 2 aliphatic heterocycles. The quantitative estimate of drug-likeness (QED) is 0.835. The van der Waals surface area contributed by atoms with E-state index in [1.165, 1.54) is 103 Å². The number of hydrogen-bond acceptors (Lipinski definition) is 2. The van der Waals surface area contributed by atoms with Crippen molar-refractivity contribution in [2.24, 2.45) is 10.8 Å². The molecule has 1 spiro atoms. The number of nitrogens with one attached hydrogen (secondary N) is 1. The Labute approximate surface area is 132 Å². The van der Waals surface area contributed by atoms with E-state index in [1.54, 1.807) is 0 Å². The van der Waals surface area contributed by atoms with Gasteiger partial charge in [0.1, 0.15) is 0 Å². The van der Waals surface area contributed by atoms with Crippen LogP contribution in [-0.2, 0) is 0 Å². The highest BCUT2D eigenvalue weighted by Crippen LogP contribution is 2.45. The first-order valence-electron chi connectivity index (χ1n) is 9.69. The van der Waals surface area contributed by atoms with Gasteiger partial charge < -0.3 is 10.2 Å². The van der Waals surface area contributed by atoms with Crippen LogP contribution in [0, 0.1) is 10.8 Å². The summed E-state index contributed by atoms with van der Waals surface area (Å²) in [6, 6.07) is 0. The van der Waals surface area contributed by atoms with Gasteiger partial charge in [-0.2, -0.15) is 0 Å². The summed E-state index contributed by atoms with van der Waals surface area (Å²) in [4.78, 5) is 2.83. The Hall–Kier alpha value is -0.0800. The monoisotopic (exact) mass is 292 g/mol. The maximum absolute atomic E-state index is 3.56. The molecule has 2 nitrogen and oxygen atoms in total. The Morgan fingerprint density at radius 3 is 2.14 bits per heavy atom. The minimum atomic E-state index is 0.636. The summed E-state index contributed by atoms with van der Waals surface area (Å²) in [7, 11) is 0. The molecular formula is C19H36N2. The van der Waals surface area contributed by atoms with E-state index in [1.807, 2.05) is 0 Å². The van der Waals surface area contributed by atoms with Crippen LogP contribution in [0.15, 0.2) is 0 Å². The summed E-state index contributed by atoms with van der Waals surface area (Å²) in [5, 5.41) is 3.56. The molecule has 122 valence electrons. The van der Waals surface area contributed by atoms with Gasteiger partial charge in [0.05, 0.1) is 0 Å². The SMILES string of the molecule is CCCC1(CN2CCC3(CCCCC3)CC2)CCNCC1.